The Bertz CT molecular complexity index is 804. The second-order valence-electron chi connectivity index (χ2n) is 6.45. The maximum Gasteiger partial charge on any atom is 0.412 e. The average Bonchev–Trinajstić information content (AvgIpc) is 3.00. The number of carbonyl (C=O) groups excluding carboxylic acids is 1. The molecule has 0 spiro atoms. The van der Waals surface area contributed by atoms with Crippen molar-refractivity contribution in [1.82, 2.24) is 4.90 Å². The summed E-state index contributed by atoms with van der Waals surface area (Å²) >= 11 is 0. The van der Waals surface area contributed by atoms with Gasteiger partial charge in [-0.05, 0) is 22.3 Å². The Morgan fingerprint density at radius 3 is 2.31 bits per heavy atom. The lowest BCUT2D eigenvalue weighted by Gasteiger charge is -2.32. The largest absolute Gasteiger partial charge is 0.480 e. The number of amides is 1. The number of hydrogen-bond donors (Lipinski definition) is 1. The number of carboxylic acids is 1. The van der Waals surface area contributed by atoms with E-state index >= 15 is 0 Å². The van der Waals surface area contributed by atoms with Crippen molar-refractivity contribution in [3.05, 3.63) is 59.7 Å². The zero-order valence-corrected chi connectivity index (χ0v) is 14.1. The highest BCUT2D eigenvalue weighted by atomic mass is 16.6. The highest BCUT2D eigenvalue weighted by Gasteiger charge is 2.35. The molecule has 1 aliphatic heterocycles. The van der Waals surface area contributed by atoms with Crippen molar-refractivity contribution in [1.29, 1.82) is 0 Å². The van der Waals surface area contributed by atoms with E-state index in [1.54, 1.807) is 0 Å². The molecule has 1 atom stereocenters. The average molecular weight is 353 g/mol. The number of aliphatic carboxylic acids is 1. The lowest BCUT2D eigenvalue weighted by Crippen LogP contribution is -2.50. The van der Waals surface area contributed by atoms with E-state index in [1.165, 1.54) is 0 Å². The number of nitrogens with zero attached hydrogens (tertiary/aromatic N) is 1. The molecule has 1 aliphatic carbocycles. The van der Waals surface area contributed by atoms with Crippen molar-refractivity contribution in [2.75, 3.05) is 19.9 Å². The Kier molecular flexibility index (Phi) is 4.34. The van der Waals surface area contributed by atoms with Crippen molar-refractivity contribution in [2.45, 2.75) is 18.4 Å². The maximum absolute atomic E-state index is 12.5. The first-order valence-corrected chi connectivity index (χ1v) is 8.59. The number of fused-ring (bicyclic) bond motifs is 3. The second-order valence-corrected chi connectivity index (χ2v) is 6.45. The molecule has 0 bridgehead atoms. The minimum absolute atomic E-state index is 0.0552. The molecule has 2 aliphatic rings. The molecule has 0 radical (unpaired) electrons. The minimum Gasteiger partial charge on any atom is -0.480 e. The van der Waals surface area contributed by atoms with Crippen LogP contribution in [0.4, 0.5) is 4.79 Å². The Morgan fingerprint density at radius 1 is 1.08 bits per heavy atom. The van der Waals surface area contributed by atoms with Crippen LogP contribution in [0.5, 0.6) is 0 Å². The first kappa shape index (κ1) is 16.6. The molecule has 0 aromatic heterocycles. The van der Waals surface area contributed by atoms with Gasteiger partial charge in [-0.3, -0.25) is 4.90 Å². The number of hydrogen-bond acceptors (Lipinski definition) is 4. The first-order chi connectivity index (χ1) is 12.7. The molecule has 1 N–H and O–H groups in total. The predicted molar refractivity (Wildman–Crippen MR) is 93.8 cm³/mol. The van der Waals surface area contributed by atoms with Gasteiger partial charge in [0.1, 0.15) is 19.4 Å². The summed E-state index contributed by atoms with van der Waals surface area (Å²) in [6.45, 7) is 0.424. The van der Waals surface area contributed by atoms with E-state index in [0.29, 0.717) is 6.61 Å². The van der Waals surface area contributed by atoms with Gasteiger partial charge >= 0.3 is 12.1 Å². The minimum atomic E-state index is -1.04. The van der Waals surface area contributed by atoms with Crippen LogP contribution < -0.4 is 0 Å². The summed E-state index contributed by atoms with van der Waals surface area (Å²) in [4.78, 5) is 24.9. The van der Waals surface area contributed by atoms with E-state index in [0.717, 1.165) is 27.2 Å². The third-order valence-electron chi connectivity index (χ3n) is 5.00. The van der Waals surface area contributed by atoms with Gasteiger partial charge in [0.25, 0.3) is 0 Å². The van der Waals surface area contributed by atoms with Gasteiger partial charge in [0.2, 0.25) is 0 Å². The normalized spacial score (nSPS) is 18.9. The topological polar surface area (TPSA) is 76.1 Å². The van der Waals surface area contributed by atoms with E-state index in [-0.39, 0.29) is 25.7 Å². The molecular formula is C20H19NO5. The Hall–Kier alpha value is -2.86. The molecule has 1 amide bonds. The molecule has 4 rings (SSSR count). The molecule has 0 saturated carbocycles. The molecule has 2 aromatic rings. The van der Waals surface area contributed by atoms with Gasteiger partial charge in [-0.1, -0.05) is 48.5 Å². The van der Waals surface area contributed by atoms with Gasteiger partial charge in [0.05, 0.1) is 6.61 Å². The molecular weight excluding hydrogens is 334 g/mol. The van der Waals surface area contributed by atoms with Crippen molar-refractivity contribution < 1.29 is 24.2 Å². The van der Waals surface area contributed by atoms with E-state index in [1.807, 2.05) is 36.4 Å². The highest BCUT2D eigenvalue weighted by Crippen LogP contribution is 2.44. The molecule has 1 fully saturated rings. The van der Waals surface area contributed by atoms with Crippen LogP contribution in [-0.4, -0.2) is 48.1 Å². The smallest absolute Gasteiger partial charge is 0.412 e. The summed E-state index contributed by atoms with van der Waals surface area (Å²) in [5.74, 6) is -1.10. The molecule has 134 valence electrons. The third-order valence-corrected chi connectivity index (χ3v) is 5.00. The van der Waals surface area contributed by atoms with E-state index < -0.39 is 18.1 Å². The fourth-order valence-electron chi connectivity index (χ4n) is 3.72. The van der Waals surface area contributed by atoms with E-state index in [9.17, 15) is 14.7 Å². The molecule has 1 unspecified atom stereocenters. The monoisotopic (exact) mass is 353 g/mol. The number of carbonyl (C=O) groups is 2. The quantitative estimate of drug-likeness (QED) is 0.918. The van der Waals surface area contributed by atoms with Crippen molar-refractivity contribution in [3.8, 4) is 11.1 Å². The van der Waals surface area contributed by atoms with Crippen LogP contribution in [0.1, 0.15) is 23.5 Å². The molecule has 1 heterocycles. The Morgan fingerprint density at radius 2 is 1.69 bits per heavy atom. The number of carboxylic acid groups (broad SMARTS) is 1. The standard InChI is InChI=1S/C20H19NO5/c22-19(23)18-9-10-25-12-21(18)20(24)26-11-17-15-7-3-1-5-13(15)14-6-2-4-8-16(14)17/h1-8,17-18H,9-12H2,(H,22,23). The molecule has 1 saturated heterocycles. The molecule has 6 heteroatoms. The summed E-state index contributed by atoms with van der Waals surface area (Å²) in [7, 11) is 0. The van der Waals surface area contributed by atoms with E-state index in [4.69, 9.17) is 9.47 Å². The fraction of sp³-hybridized carbons (Fsp3) is 0.300. The van der Waals surface area contributed by atoms with Crippen molar-refractivity contribution in [3.63, 3.8) is 0 Å². The zero-order chi connectivity index (χ0) is 18.1. The van der Waals surface area contributed by atoms with Crippen LogP contribution in [0, 0.1) is 0 Å². The summed E-state index contributed by atoms with van der Waals surface area (Å²) in [5.41, 5.74) is 4.53. The SMILES string of the molecule is O=C(O)C1CCOCN1C(=O)OCC1c2ccccc2-c2ccccc21. The lowest BCUT2D eigenvalue weighted by molar-refractivity contribution is -0.149. The highest BCUT2D eigenvalue weighted by molar-refractivity contribution is 5.81. The Labute approximate surface area is 151 Å². The summed E-state index contributed by atoms with van der Waals surface area (Å²) in [5, 5.41) is 9.29. The number of ether oxygens (including phenoxy) is 2. The van der Waals surface area contributed by atoms with E-state index in [2.05, 4.69) is 12.1 Å². The van der Waals surface area contributed by atoms with Crippen LogP contribution in [0.2, 0.25) is 0 Å². The van der Waals surface area contributed by atoms with Crippen LogP contribution in [0.25, 0.3) is 11.1 Å². The van der Waals surface area contributed by atoms with Gasteiger partial charge in [0, 0.05) is 12.3 Å². The van der Waals surface area contributed by atoms with Crippen LogP contribution >= 0.6 is 0 Å². The molecule has 6 nitrogen and oxygen atoms in total. The van der Waals surface area contributed by atoms with Gasteiger partial charge < -0.3 is 14.6 Å². The summed E-state index contributed by atoms with van der Waals surface area (Å²) < 4.78 is 10.7. The van der Waals surface area contributed by atoms with Crippen molar-refractivity contribution >= 4 is 12.1 Å². The van der Waals surface area contributed by atoms with Crippen LogP contribution in [0.15, 0.2) is 48.5 Å². The fourth-order valence-corrected chi connectivity index (χ4v) is 3.72. The first-order valence-electron chi connectivity index (χ1n) is 8.59. The third kappa shape index (κ3) is 2.82. The molecule has 2 aromatic carbocycles. The second kappa shape index (κ2) is 6.80. The van der Waals surface area contributed by atoms with Gasteiger partial charge in [-0.15, -0.1) is 0 Å². The van der Waals surface area contributed by atoms with Crippen molar-refractivity contribution in [2.24, 2.45) is 0 Å². The lowest BCUT2D eigenvalue weighted by atomic mass is 9.98. The van der Waals surface area contributed by atoms with Gasteiger partial charge in [-0.25, -0.2) is 9.59 Å². The summed E-state index contributed by atoms with van der Waals surface area (Å²) in [6.07, 6.45) is -0.390. The zero-order valence-electron chi connectivity index (χ0n) is 14.1. The van der Waals surface area contributed by atoms with Crippen LogP contribution in [-0.2, 0) is 14.3 Å². The van der Waals surface area contributed by atoms with Gasteiger partial charge in [-0.2, -0.15) is 0 Å². The number of benzene rings is 2. The predicted octanol–water partition coefficient (Wildman–Crippen LogP) is 3.07. The van der Waals surface area contributed by atoms with Crippen LogP contribution in [0.3, 0.4) is 0 Å². The summed E-state index contributed by atoms with van der Waals surface area (Å²) in [6, 6.07) is 15.2. The molecule has 26 heavy (non-hydrogen) atoms. The maximum atomic E-state index is 12.5. The number of rotatable bonds is 3. The Balaban J connectivity index is 1.53. The van der Waals surface area contributed by atoms with Gasteiger partial charge in [0.15, 0.2) is 0 Å².